The van der Waals surface area contributed by atoms with Gasteiger partial charge in [-0.2, -0.15) is 0 Å². The molecule has 0 aliphatic heterocycles. The van der Waals surface area contributed by atoms with Crippen LogP contribution in [0.15, 0.2) is 24.3 Å². The molecule has 1 aromatic carbocycles. The maximum atomic E-state index is 11.9. The van der Waals surface area contributed by atoms with Gasteiger partial charge in [-0.15, -0.1) is 0 Å². The molecule has 1 aliphatic rings. The summed E-state index contributed by atoms with van der Waals surface area (Å²) in [6.45, 7) is 0.602. The van der Waals surface area contributed by atoms with Gasteiger partial charge in [-0.25, -0.2) is 0 Å². The van der Waals surface area contributed by atoms with Crippen LogP contribution in [0, 0.1) is 0 Å². The first-order chi connectivity index (χ1) is 8.20. The lowest BCUT2D eigenvalue weighted by Gasteiger charge is -2.22. The lowest BCUT2D eigenvalue weighted by Crippen LogP contribution is -2.32. The molecule has 0 unspecified atom stereocenters. The molecule has 0 heterocycles. The maximum absolute atomic E-state index is 11.9. The van der Waals surface area contributed by atoms with Crippen LogP contribution in [-0.4, -0.2) is 27.3 Å². The van der Waals surface area contributed by atoms with E-state index >= 15 is 0 Å². The smallest absolute Gasteiger partial charge is 0.223 e. The van der Waals surface area contributed by atoms with Crippen molar-refractivity contribution < 1.29 is 9.90 Å². The third kappa shape index (κ3) is 3.46. The van der Waals surface area contributed by atoms with Crippen LogP contribution in [0.25, 0.3) is 0 Å². The van der Waals surface area contributed by atoms with E-state index in [1.165, 1.54) is 0 Å². The Labute approximate surface area is 110 Å². The largest absolute Gasteiger partial charge is 0.508 e. The van der Waals surface area contributed by atoms with E-state index in [1.54, 1.807) is 12.1 Å². The van der Waals surface area contributed by atoms with Gasteiger partial charge in [0.25, 0.3) is 0 Å². The summed E-state index contributed by atoms with van der Waals surface area (Å²) in [5.74, 6) is 0.443. The number of amides is 1. The van der Waals surface area contributed by atoms with Crippen molar-refractivity contribution >= 4 is 21.8 Å². The number of aromatic hydroxyl groups is 1. The fourth-order valence-corrected chi connectivity index (χ4v) is 2.22. The molecule has 1 amide bonds. The molecule has 3 nitrogen and oxygen atoms in total. The summed E-state index contributed by atoms with van der Waals surface area (Å²) >= 11 is 3.30. The maximum Gasteiger partial charge on any atom is 0.223 e. The minimum absolute atomic E-state index is 0.188. The van der Waals surface area contributed by atoms with Crippen molar-refractivity contribution in [2.24, 2.45) is 0 Å². The summed E-state index contributed by atoms with van der Waals surface area (Å²) in [4.78, 5) is 13.9. The summed E-state index contributed by atoms with van der Waals surface area (Å²) < 4.78 is 0. The molecule has 0 radical (unpaired) electrons. The quantitative estimate of drug-likeness (QED) is 0.849. The predicted octanol–water partition coefficient (Wildman–Crippen LogP) is 2.67. The van der Waals surface area contributed by atoms with Gasteiger partial charge < -0.3 is 10.0 Å². The number of hydrogen-bond acceptors (Lipinski definition) is 2. The van der Waals surface area contributed by atoms with Crippen LogP contribution in [0.2, 0.25) is 0 Å². The van der Waals surface area contributed by atoms with Crippen molar-refractivity contribution in [1.82, 2.24) is 4.90 Å². The molecule has 1 aromatic rings. The van der Waals surface area contributed by atoms with Gasteiger partial charge in [0.05, 0.1) is 0 Å². The summed E-state index contributed by atoms with van der Waals surface area (Å²) in [6.07, 6.45) is 2.75. The molecular weight excluding hydrogens is 282 g/mol. The van der Waals surface area contributed by atoms with E-state index in [9.17, 15) is 9.90 Å². The van der Waals surface area contributed by atoms with E-state index in [0.29, 0.717) is 24.3 Å². The van der Waals surface area contributed by atoms with E-state index in [0.717, 1.165) is 18.4 Å². The lowest BCUT2D eigenvalue weighted by atomic mass is 10.2. The zero-order chi connectivity index (χ0) is 12.3. The highest BCUT2D eigenvalue weighted by atomic mass is 79.9. The number of nitrogens with zero attached hydrogens (tertiary/aromatic N) is 1. The second-order valence-corrected chi connectivity index (χ2v) is 5.15. The Bertz CT molecular complexity index is 404. The number of phenolic OH excluding ortho intramolecular Hbond substituents is 1. The molecule has 1 fully saturated rings. The fraction of sp³-hybridized carbons (Fsp3) is 0.462. The minimum atomic E-state index is 0.188. The molecule has 0 bridgehead atoms. The molecule has 0 saturated heterocycles. The van der Waals surface area contributed by atoms with Crippen LogP contribution in [0.5, 0.6) is 5.75 Å². The first kappa shape index (κ1) is 12.4. The highest BCUT2D eigenvalue weighted by Crippen LogP contribution is 2.29. The van der Waals surface area contributed by atoms with E-state index in [-0.39, 0.29) is 11.7 Å². The second kappa shape index (κ2) is 5.54. The van der Waals surface area contributed by atoms with Crippen LogP contribution in [0.1, 0.15) is 24.8 Å². The van der Waals surface area contributed by atoms with Crippen LogP contribution in [-0.2, 0) is 11.3 Å². The Hall–Kier alpha value is -1.03. The number of hydrogen-bond donors (Lipinski definition) is 1. The normalized spacial score (nSPS) is 14.6. The zero-order valence-corrected chi connectivity index (χ0v) is 11.2. The topological polar surface area (TPSA) is 40.5 Å². The van der Waals surface area contributed by atoms with Crippen molar-refractivity contribution in [1.29, 1.82) is 0 Å². The van der Waals surface area contributed by atoms with Crippen LogP contribution < -0.4 is 0 Å². The summed E-state index contributed by atoms with van der Waals surface area (Å²) in [7, 11) is 0. The van der Waals surface area contributed by atoms with Crippen molar-refractivity contribution in [3.8, 4) is 5.75 Å². The van der Waals surface area contributed by atoms with Crippen molar-refractivity contribution in [3.05, 3.63) is 29.8 Å². The molecule has 17 heavy (non-hydrogen) atoms. The molecule has 0 atom stereocenters. The highest BCUT2D eigenvalue weighted by Gasteiger charge is 2.31. The van der Waals surface area contributed by atoms with Gasteiger partial charge in [-0.1, -0.05) is 28.1 Å². The average molecular weight is 298 g/mol. The Balaban J connectivity index is 2.05. The molecule has 1 saturated carbocycles. The number of rotatable bonds is 5. The van der Waals surface area contributed by atoms with Gasteiger partial charge in [-0.05, 0) is 30.5 Å². The van der Waals surface area contributed by atoms with E-state index in [1.807, 2.05) is 17.0 Å². The van der Waals surface area contributed by atoms with Crippen LogP contribution in [0.3, 0.4) is 0 Å². The third-order valence-electron chi connectivity index (χ3n) is 2.88. The van der Waals surface area contributed by atoms with Crippen LogP contribution >= 0.6 is 15.9 Å². The molecule has 1 aliphatic carbocycles. The number of benzene rings is 1. The highest BCUT2D eigenvalue weighted by molar-refractivity contribution is 9.09. The molecule has 1 N–H and O–H groups in total. The number of carbonyl (C=O) groups excluding carboxylic acids is 1. The molecule has 92 valence electrons. The van der Waals surface area contributed by atoms with Gasteiger partial charge in [0.1, 0.15) is 5.75 Å². The predicted molar refractivity (Wildman–Crippen MR) is 70.1 cm³/mol. The number of phenols is 1. The number of halogens is 1. The zero-order valence-electron chi connectivity index (χ0n) is 9.60. The van der Waals surface area contributed by atoms with Crippen LogP contribution in [0.4, 0.5) is 0 Å². The van der Waals surface area contributed by atoms with Gasteiger partial charge in [0.15, 0.2) is 0 Å². The van der Waals surface area contributed by atoms with E-state index in [2.05, 4.69) is 15.9 Å². The second-order valence-electron chi connectivity index (χ2n) is 4.36. The minimum Gasteiger partial charge on any atom is -0.508 e. The van der Waals surface area contributed by atoms with Crippen molar-refractivity contribution in [2.45, 2.75) is 31.8 Å². The Morgan fingerprint density at radius 3 is 2.82 bits per heavy atom. The lowest BCUT2D eigenvalue weighted by molar-refractivity contribution is -0.131. The average Bonchev–Trinajstić information content (AvgIpc) is 3.10. The standard InChI is InChI=1S/C13H16BrNO2/c14-7-6-13(17)15(11-4-5-11)9-10-2-1-3-12(16)8-10/h1-3,8,11,16H,4-7,9H2. The van der Waals surface area contributed by atoms with E-state index < -0.39 is 0 Å². The van der Waals surface area contributed by atoms with Gasteiger partial charge in [0, 0.05) is 24.3 Å². The molecule has 4 heteroatoms. The first-order valence-electron chi connectivity index (χ1n) is 5.84. The van der Waals surface area contributed by atoms with E-state index in [4.69, 9.17) is 0 Å². The molecular formula is C13H16BrNO2. The Morgan fingerprint density at radius 2 is 2.24 bits per heavy atom. The third-order valence-corrected chi connectivity index (χ3v) is 3.28. The monoisotopic (exact) mass is 297 g/mol. The first-order valence-corrected chi connectivity index (χ1v) is 6.96. The molecule has 0 spiro atoms. The van der Waals surface area contributed by atoms with Gasteiger partial charge in [-0.3, -0.25) is 4.79 Å². The summed E-state index contributed by atoms with van der Waals surface area (Å²) in [5.41, 5.74) is 0.986. The van der Waals surface area contributed by atoms with Gasteiger partial charge in [0.2, 0.25) is 5.91 Å². The Morgan fingerprint density at radius 1 is 1.47 bits per heavy atom. The van der Waals surface area contributed by atoms with Crippen molar-refractivity contribution in [3.63, 3.8) is 0 Å². The molecule has 0 aromatic heterocycles. The Kier molecular flexibility index (Phi) is 4.05. The van der Waals surface area contributed by atoms with Gasteiger partial charge >= 0.3 is 0 Å². The van der Waals surface area contributed by atoms with Crippen molar-refractivity contribution in [2.75, 3.05) is 5.33 Å². The number of alkyl halides is 1. The summed E-state index contributed by atoms with van der Waals surface area (Å²) in [5, 5.41) is 10.1. The SMILES string of the molecule is O=C(CCBr)N(Cc1cccc(O)c1)C1CC1. The fourth-order valence-electron chi connectivity index (χ4n) is 1.88. The summed E-state index contributed by atoms with van der Waals surface area (Å²) in [6, 6.07) is 7.52. The number of carbonyl (C=O) groups is 1. The molecule has 2 rings (SSSR count).